The molecule has 2 aromatic heterocycles. The molecule has 0 radical (unpaired) electrons. The monoisotopic (exact) mass is 427 g/mol. The van der Waals surface area contributed by atoms with Gasteiger partial charge in [0, 0.05) is 28.9 Å². The van der Waals surface area contributed by atoms with E-state index >= 15 is 0 Å². The molecular formula is C24H21N5O3. The molecule has 1 amide bonds. The molecule has 0 unspecified atom stereocenters. The highest BCUT2D eigenvalue weighted by Crippen LogP contribution is 2.19. The Bertz CT molecular complexity index is 1340. The summed E-state index contributed by atoms with van der Waals surface area (Å²) in [5, 5.41) is 13.5. The predicted molar refractivity (Wildman–Crippen MR) is 122 cm³/mol. The Hall–Kier alpha value is -4.33. The lowest BCUT2D eigenvalue weighted by Gasteiger charge is -2.09. The summed E-state index contributed by atoms with van der Waals surface area (Å²) in [5.74, 6) is -0.368. The van der Waals surface area contributed by atoms with Crippen molar-refractivity contribution in [3.8, 4) is 22.5 Å². The normalized spacial score (nSPS) is 10.7. The summed E-state index contributed by atoms with van der Waals surface area (Å²) in [5.41, 5.74) is 4.06. The van der Waals surface area contributed by atoms with E-state index in [9.17, 15) is 14.4 Å². The first-order chi connectivity index (χ1) is 15.5. The van der Waals surface area contributed by atoms with Crippen molar-refractivity contribution in [2.45, 2.75) is 19.9 Å². The third-order valence-electron chi connectivity index (χ3n) is 4.96. The molecule has 0 saturated heterocycles. The lowest BCUT2D eigenvalue weighted by atomic mass is 10.1. The molecular weight excluding hydrogens is 406 g/mol. The van der Waals surface area contributed by atoms with Gasteiger partial charge in [0.05, 0.1) is 11.4 Å². The van der Waals surface area contributed by atoms with E-state index in [2.05, 4.69) is 27.5 Å². The van der Waals surface area contributed by atoms with Gasteiger partial charge in [0.25, 0.3) is 11.1 Å². The molecule has 8 nitrogen and oxygen atoms in total. The Morgan fingerprint density at radius 3 is 2.19 bits per heavy atom. The minimum Gasteiger partial charge on any atom is -0.324 e. The molecule has 4 rings (SSSR count). The van der Waals surface area contributed by atoms with Crippen molar-refractivity contribution in [2.24, 2.45) is 0 Å². The number of carbonyl (C=O) groups is 1. The van der Waals surface area contributed by atoms with Gasteiger partial charge in [0.2, 0.25) is 5.91 Å². The maximum atomic E-state index is 12.5. The number of aryl methyl sites for hydroxylation is 1. The number of amides is 1. The average molecular weight is 427 g/mol. The Balaban J connectivity index is 1.46. The number of hydrogen-bond donors (Lipinski definition) is 2. The Labute approximate surface area is 183 Å². The van der Waals surface area contributed by atoms with Crippen molar-refractivity contribution in [3.63, 3.8) is 0 Å². The topological polar surface area (TPSA) is 110 Å². The average Bonchev–Trinajstić information content (AvgIpc) is 2.82. The fraction of sp³-hybridized carbons (Fsp3) is 0.125. The summed E-state index contributed by atoms with van der Waals surface area (Å²) < 4.78 is 1.15. The molecule has 160 valence electrons. The first-order valence-electron chi connectivity index (χ1n) is 10.2. The SMILES string of the molecule is CCc1ccc(-c2ccc(=O)n(CC(=O)Nc3ccc(-c4ccc(=O)[nH]n4)cc3)n2)cc1. The molecule has 0 saturated carbocycles. The number of anilines is 1. The van der Waals surface area contributed by atoms with Crippen molar-refractivity contribution in [1.82, 2.24) is 20.0 Å². The standard InChI is InChI=1S/C24H21N5O3/c1-2-16-3-5-18(6-4-16)21-12-14-24(32)29(28-21)15-23(31)25-19-9-7-17(8-10-19)20-11-13-22(30)27-26-20/h3-14H,2,15H2,1H3,(H,25,31)(H,27,30). The number of carbonyl (C=O) groups excluding carboxylic acids is 1. The van der Waals surface area contributed by atoms with Crippen LogP contribution in [0.1, 0.15) is 12.5 Å². The number of rotatable bonds is 6. The van der Waals surface area contributed by atoms with Crippen LogP contribution in [-0.2, 0) is 17.8 Å². The van der Waals surface area contributed by atoms with E-state index in [0.29, 0.717) is 17.1 Å². The van der Waals surface area contributed by atoms with Gasteiger partial charge >= 0.3 is 0 Å². The number of nitrogens with zero attached hydrogens (tertiary/aromatic N) is 3. The van der Waals surface area contributed by atoms with E-state index in [0.717, 1.165) is 22.2 Å². The number of H-pyrrole nitrogens is 1. The van der Waals surface area contributed by atoms with Gasteiger partial charge in [-0.1, -0.05) is 43.3 Å². The minimum absolute atomic E-state index is 0.205. The molecule has 32 heavy (non-hydrogen) atoms. The molecule has 0 fully saturated rings. The lowest BCUT2D eigenvalue weighted by Crippen LogP contribution is -2.29. The summed E-state index contributed by atoms with van der Waals surface area (Å²) in [6, 6.07) is 21.0. The van der Waals surface area contributed by atoms with Crippen molar-refractivity contribution < 1.29 is 4.79 Å². The Morgan fingerprint density at radius 1 is 0.875 bits per heavy atom. The van der Waals surface area contributed by atoms with Crippen molar-refractivity contribution in [3.05, 3.63) is 99.1 Å². The molecule has 0 aliphatic heterocycles. The van der Waals surface area contributed by atoms with E-state index in [1.807, 2.05) is 24.3 Å². The van der Waals surface area contributed by atoms with Crippen LogP contribution in [-0.4, -0.2) is 25.9 Å². The van der Waals surface area contributed by atoms with Crippen LogP contribution in [0.5, 0.6) is 0 Å². The molecule has 0 bridgehead atoms. The molecule has 8 heteroatoms. The number of hydrogen-bond acceptors (Lipinski definition) is 5. The molecule has 0 atom stereocenters. The van der Waals surface area contributed by atoms with E-state index in [-0.39, 0.29) is 23.6 Å². The molecule has 2 aromatic carbocycles. The third kappa shape index (κ3) is 4.86. The summed E-state index contributed by atoms with van der Waals surface area (Å²) in [7, 11) is 0. The molecule has 0 aliphatic rings. The summed E-state index contributed by atoms with van der Waals surface area (Å²) >= 11 is 0. The van der Waals surface area contributed by atoms with Gasteiger partial charge in [-0.15, -0.1) is 0 Å². The molecule has 2 heterocycles. The van der Waals surface area contributed by atoms with E-state index in [1.54, 1.807) is 36.4 Å². The van der Waals surface area contributed by atoms with Gasteiger partial charge in [-0.25, -0.2) is 9.78 Å². The smallest absolute Gasteiger partial charge is 0.267 e. The van der Waals surface area contributed by atoms with Crippen LogP contribution >= 0.6 is 0 Å². The zero-order chi connectivity index (χ0) is 22.5. The second kappa shape index (κ2) is 9.22. The van der Waals surface area contributed by atoms with Gasteiger partial charge in [0.15, 0.2) is 0 Å². The van der Waals surface area contributed by atoms with Gasteiger partial charge < -0.3 is 5.32 Å². The molecule has 4 aromatic rings. The Morgan fingerprint density at radius 2 is 1.53 bits per heavy atom. The number of aromatic amines is 1. The summed E-state index contributed by atoms with van der Waals surface area (Å²) in [6.45, 7) is 1.88. The second-order valence-electron chi connectivity index (χ2n) is 7.20. The van der Waals surface area contributed by atoms with Gasteiger partial charge in [-0.3, -0.25) is 14.4 Å². The van der Waals surface area contributed by atoms with Crippen LogP contribution in [0, 0.1) is 0 Å². The highest BCUT2D eigenvalue weighted by atomic mass is 16.2. The summed E-state index contributed by atoms with van der Waals surface area (Å²) in [4.78, 5) is 35.8. The molecule has 0 aliphatic carbocycles. The number of benzene rings is 2. The van der Waals surface area contributed by atoms with Crippen LogP contribution in [0.15, 0.2) is 82.4 Å². The van der Waals surface area contributed by atoms with E-state index in [4.69, 9.17) is 0 Å². The van der Waals surface area contributed by atoms with Crippen LogP contribution in [0.4, 0.5) is 5.69 Å². The lowest BCUT2D eigenvalue weighted by molar-refractivity contribution is -0.117. The maximum Gasteiger partial charge on any atom is 0.267 e. The van der Waals surface area contributed by atoms with Gasteiger partial charge in [-0.05, 0) is 36.2 Å². The third-order valence-corrected chi connectivity index (χ3v) is 4.96. The van der Waals surface area contributed by atoms with Crippen LogP contribution in [0.2, 0.25) is 0 Å². The molecule has 0 spiro atoms. The first kappa shape index (κ1) is 20.9. The zero-order valence-electron chi connectivity index (χ0n) is 17.4. The van der Waals surface area contributed by atoms with E-state index in [1.165, 1.54) is 17.7 Å². The quantitative estimate of drug-likeness (QED) is 0.492. The fourth-order valence-electron chi connectivity index (χ4n) is 3.19. The zero-order valence-corrected chi connectivity index (χ0v) is 17.4. The maximum absolute atomic E-state index is 12.5. The van der Waals surface area contributed by atoms with Crippen molar-refractivity contribution in [1.29, 1.82) is 0 Å². The largest absolute Gasteiger partial charge is 0.324 e. The minimum atomic E-state index is -0.368. The molecule has 2 N–H and O–H groups in total. The predicted octanol–water partition coefficient (Wildman–Crippen LogP) is 2.86. The van der Waals surface area contributed by atoms with Crippen LogP contribution in [0.3, 0.4) is 0 Å². The van der Waals surface area contributed by atoms with Crippen LogP contribution in [0.25, 0.3) is 22.5 Å². The van der Waals surface area contributed by atoms with E-state index < -0.39 is 0 Å². The fourth-order valence-corrected chi connectivity index (χ4v) is 3.19. The van der Waals surface area contributed by atoms with Crippen molar-refractivity contribution >= 4 is 11.6 Å². The van der Waals surface area contributed by atoms with Crippen LogP contribution < -0.4 is 16.4 Å². The Kier molecular flexibility index (Phi) is 6.03. The number of aromatic nitrogens is 4. The second-order valence-corrected chi connectivity index (χ2v) is 7.20. The van der Waals surface area contributed by atoms with Gasteiger partial charge in [0.1, 0.15) is 6.54 Å². The summed E-state index contributed by atoms with van der Waals surface area (Å²) in [6.07, 6.45) is 0.940. The van der Waals surface area contributed by atoms with Gasteiger partial charge in [-0.2, -0.15) is 10.2 Å². The highest BCUT2D eigenvalue weighted by molar-refractivity contribution is 5.90. The highest BCUT2D eigenvalue weighted by Gasteiger charge is 2.09. The first-order valence-corrected chi connectivity index (χ1v) is 10.2. The van der Waals surface area contributed by atoms with Crippen molar-refractivity contribution in [2.75, 3.05) is 5.32 Å². The number of nitrogens with one attached hydrogen (secondary N) is 2.